The van der Waals surface area contributed by atoms with Gasteiger partial charge in [-0.25, -0.2) is 0 Å². The highest BCUT2D eigenvalue weighted by atomic mass is 14.4. The zero-order valence-corrected chi connectivity index (χ0v) is 9.96. The van der Waals surface area contributed by atoms with Crippen molar-refractivity contribution < 1.29 is 0 Å². The highest BCUT2D eigenvalue weighted by molar-refractivity contribution is 5.55. The summed E-state index contributed by atoms with van der Waals surface area (Å²) < 4.78 is 0. The van der Waals surface area contributed by atoms with E-state index in [-0.39, 0.29) is 0 Å². The fourth-order valence-corrected chi connectivity index (χ4v) is 2.38. The van der Waals surface area contributed by atoms with Crippen LogP contribution in [0.25, 0.3) is 6.08 Å². The third kappa shape index (κ3) is 1.99. The van der Waals surface area contributed by atoms with Crippen LogP contribution in [0.3, 0.4) is 0 Å². The van der Waals surface area contributed by atoms with Gasteiger partial charge in [0.05, 0.1) is 0 Å². The van der Waals surface area contributed by atoms with Gasteiger partial charge in [0.15, 0.2) is 0 Å². The molecule has 0 amide bonds. The maximum Gasteiger partial charge on any atom is -0.0116 e. The van der Waals surface area contributed by atoms with E-state index >= 15 is 0 Å². The Hall–Kier alpha value is -1.04. The molecular formula is C15H20. The molecule has 0 saturated heterocycles. The first kappa shape index (κ1) is 10.5. The summed E-state index contributed by atoms with van der Waals surface area (Å²) in [6, 6.07) is 10.7. The maximum absolute atomic E-state index is 2.38. The van der Waals surface area contributed by atoms with E-state index in [1.807, 2.05) is 0 Å². The van der Waals surface area contributed by atoms with Crippen molar-refractivity contribution in [3.8, 4) is 0 Å². The maximum atomic E-state index is 2.38. The zero-order chi connectivity index (χ0) is 10.9. The molecule has 0 heterocycles. The largest absolute Gasteiger partial charge is 0.0637 e. The molecule has 1 aromatic rings. The van der Waals surface area contributed by atoms with Gasteiger partial charge in [0.1, 0.15) is 0 Å². The molecule has 15 heavy (non-hydrogen) atoms. The second-order valence-corrected chi connectivity index (χ2v) is 5.24. The molecule has 0 nitrogen and oxygen atoms in total. The predicted octanol–water partition coefficient (Wildman–Crippen LogP) is 4.53. The lowest BCUT2D eigenvalue weighted by Crippen LogP contribution is -2.16. The van der Waals surface area contributed by atoms with Crippen LogP contribution in [0.1, 0.15) is 39.2 Å². The first-order chi connectivity index (χ1) is 7.10. The minimum atomic E-state index is 0.385. The fourth-order valence-electron chi connectivity index (χ4n) is 2.38. The molecule has 1 aromatic carbocycles. The van der Waals surface area contributed by atoms with E-state index in [1.165, 1.54) is 18.4 Å². The van der Waals surface area contributed by atoms with E-state index in [0.717, 1.165) is 5.92 Å². The van der Waals surface area contributed by atoms with Gasteiger partial charge in [-0.05, 0) is 29.7 Å². The molecule has 2 rings (SSSR count). The van der Waals surface area contributed by atoms with E-state index in [1.54, 1.807) is 5.57 Å². The topological polar surface area (TPSA) is 0 Å². The van der Waals surface area contributed by atoms with Gasteiger partial charge in [0, 0.05) is 0 Å². The molecule has 0 spiro atoms. The molecule has 0 radical (unpaired) electrons. The summed E-state index contributed by atoms with van der Waals surface area (Å²) in [5.74, 6) is 0.812. The van der Waals surface area contributed by atoms with E-state index in [4.69, 9.17) is 0 Å². The summed E-state index contributed by atoms with van der Waals surface area (Å²) >= 11 is 0. The minimum absolute atomic E-state index is 0.385. The Bertz CT molecular complexity index is 357. The zero-order valence-electron chi connectivity index (χ0n) is 9.96. The lowest BCUT2D eigenvalue weighted by molar-refractivity contribution is 0.333. The SMILES string of the molecule is CC1CC/C(=C/c2ccccc2)C1(C)C. The first-order valence-corrected chi connectivity index (χ1v) is 5.87. The molecule has 0 N–H and O–H groups in total. The van der Waals surface area contributed by atoms with Crippen molar-refractivity contribution in [1.82, 2.24) is 0 Å². The van der Waals surface area contributed by atoms with E-state index < -0.39 is 0 Å². The predicted molar refractivity (Wildman–Crippen MR) is 66.6 cm³/mol. The number of hydrogen-bond acceptors (Lipinski definition) is 0. The van der Waals surface area contributed by atoms with Gasteiger partial charge in [-0.15, -0.1) is 0 Å². The third-order valence-electron chi connectivity index (χ3n) is 4.05. The van der Waals surface area contributed by atoms with Crippen molar-refractivity contribution in [3.05, 3.63) is 41.5 Å². The van der Waals surface area contributed by atoms with Gasteiger partial charge >= 0.3 is 0 Å². The minimum Gasteiger partial charge on any atom is -0.0637 e. The molecule has 0 bridgehead atoms. The number of rotatable bonds is 1. The normalized spacial score (nSPS) is 27.1. The summed E-state index contributed by atoms with van der Waals surface area (Å²) in [5.41, 5.74) is 3.34. The van der Waals surface area contributed by atoms with Gasteiger partial charge in [0.2, 0.25) is 0 Å². The summed E-state index contributed by atoms with van der Waals surface area (Å²) in [4.78, 5) is 0. The molecule has 1 saturated carbocycles. The van der Waals surface area contributed by atoms with E-state index in [2.05, 4.69) is 57.2 Å². The quantitative estimate of drug-likeness (QED) is 0.625. The van der Waals surface area contributed by atoms with Crippen LogP contribution in [0.5, 0.6) is 0 Å². The monoisotopic (exact) mass is 200 g/mol. The van der Waals surface area contributed by atoms with Gasteiger partial charge in [-0.1, -0.05) is 62.8 Å². The Labute approximate surface area is 93.0 Å². The lowest BCUT2D eigenvalue weighted by atomic mass is 9.79. The first-order valence-electron chi connectivity index (χ1n) is 5.87. The van der Waals surface area contributed by atoms with Gasteiger partial charge in [-0.3, -0.25) is 0 Å². The molecule has 1 aliphatic rings. The van der Waals surface area contributed by atoms with Crippen molar-refractivity contribution in [2.45, 2.75) is 33.6 Å². The van der Waals surface area contributed by atoms with E-state index in [0.29, 0.717) is 5.41 Å². The molecule has 0 heteroatoms. The lowest BCUT2D eigenvalue weighted by Gasteiger charge is -2.25. The van der Waals surface area contributed by atoms with E-state index in [9.17, 15) is 0 Å². The van der Waals surface area contributed by atoms with Crippen molar-refractivity contribution in [3.63, 3.8) is 0 Å². The highest BCUT2D eigenvalue weighted by Crippen LogP contribution is 2.47. The van der Waals surface area contributed by atoms with Gasteiger partial charge in [0.25, 0.3) is 0 Å². The van der Waals surface area contributed by atoms with Crippen LogP contribution in [0.15, 0.2) is 35.9 Å². The fraction of sp³-hybridized carbons (Fsp3) is 0.467. The number of benzene rings is 1. The Kier molecular flexibility index (Phi) is 2.68. The summed E-state index contributed by atoms with van der Waals surface area (Å²) in [5, 5.41) is 0. The molecule has 0 aliphatic heterocycles. The smallest absolute Gasteiger partial charge is 0.0116 e. The van der Waals surface area contributed by atoms with Crippen LogP contribution in [0.2, 0.25) is 0 Å². The standard InChI is InChI=1S/C15H20/c1-12-9-10-14(15(12,2)3)11-13-7-5-4-6-8-13/h4-8,11-12H,9-10H2,1-3H3/b14-11-. The summed E-state index contributed by atoms with van der Waals surface area (Å²) in [6.07, 6.45) is 4.98. The highest BCUT2D eigenvalue weighted by Gasteiger charge is 2.35. The van der Waals surface area contributed by atoms with Crippen LogP contribution < -0.4 is 0 Å². The molecule has 1 fully saturated rings. The van der Waals surface area contributed by atoms with Crippen molar-refractivity contribution in [2.75, 3.05) is 0 Å². The second-order valence-electron chi connectivity index (χ2n) is 5.24. The van der Waals surface area contributed by atoms with Crippen molar-refractivity contribution in [1.29, 1.82) is 0 Å². The average molecular weight is 200 g/mol. The Morgan fingerprint density at radius 2 is 1.87 bits per heavy atom. The van der Waals surface area contributed by atoms with Crippen LogP contribution in [0, 0.1) is 11.3 Å². The Balaban J connectivity index is 2.29. The summed E-state index contributed by atoms with van der Waals surface area (Å²) in [6.45, 7) is 7.12. The third-order valence-corrected chi connectivity index (χ3v) is 4.05. The Morgan fingerprint density at radius 1 is 1.20 bits per heavy atom. The van der Waals surface area contributed by atoms with Crippen molar-refractivity contribution >= 4 is 6.08 Å². The molecule has 1 unspecified atom stereocenters. The van der Waals surface area contributed by atoms with Gasteiger partial charge in [-0.2, -0.15) is 0 Å². The molecule has 80 valence electrons. The van der Waals surface area contributed by atoms with Crippen LogP contribution in [0.4, 0.5) is 0 Å². The second kappa shape index (κ2) is 3.84. The molecular weight excluding hydrogens is 180 g/mol. The molecule has 1 aliphatic carbocycles. The average Bonchev–Trinajstić information content (AvgIpc) is 2.47. The van der Waals surface area contributed by atoms with Crippen LogP contribution in [-0.2, 0) is 0 Å². The Morgan fingerprint density at radius 3 is 2.40 bits per heavy atom. The molecule has 1 atom stereocenters. The van der Waals surface area contributed by atoms with Crippen molar-refractivity contribution in [2.24, 2.45) is 11.3 Å². The van der Waals surface area contributed by atoms with Gasteiger partial charge < -0.3 is 0 Å². The number of allylic oxidation sites excluding steroid dienone is 1. The van der Waals surface area contributed by atoms with Crippen LogP contribution in [-0.4, -0.2) is 0 Å². The number of hydrogen-bond donors (Lipinski definition) is 0. The summed E-state index contributed by atoms with van der Waals surface area (Å²) in [7, 11) is 0. The van der Waals surface area contributed by atoms with Crippen LogP contribution >= 0.6 is 0 Å². The molecule has 0 aromatic heterocycles.